The van der Waals surface area contributed by atoms with Gasteiger partial charge >= 0.3 is 0 Å². The predicted octanol–water partition coefficient (Wildman–Crippen LogP) is 6.40. The minimum absolute atomic E-state index is 0.299. The maximum absolute atomic E-state index is 13.0. The van der Waals surface area contributed by atoms with Crippen LogP contribution in [0.1, 0.15) is 62.5 Å². The summed E-state index contributed by atoms with van der Waals surface area (Å²) >= 11 is 6.00. The monoisotopic (exact) mass is 508 g/mol. The van der Waals surface area contributed by atoms with E-state index < -0.39 is 0 Å². The van der Waals surface area contributed by atoms with Gasteiger partial charge in [-0.05, 0) is 92.0 Å². The quantitative estimate of drug-likeness (QED) is 0.468. The Morgan fingerprint density at radius 2 is 1.75 bits per heavy atom. The van der Waals surface area contributed by atoms with E-state index in [0.29, 0.717) is 17.7 Å². The Labute approximate surface area is 222 Å². The van der Waals surface area contributed by atoms with Crippen LogP contribution in [0.3, 0.4) is 0 Å². The molecule has 4 nitrogen and oxygen atoms in total. The molecule has 2 heterocycles. The van der Waals surface area contributed by atoms with Crippen LogP contribution in [-0.4, -0.2) is 55.0 Å². The summed E-state index contributed by atoms with van der Waals surface area (Å²) in [5.74, 6) is 2.24. The smallest absolute Gasteiger partial charge is 0.222 e. The molecule has 1 saturated carbocycles. The van der Waals surface area contributed by atoms with Crippen LogP contribution in [-0.2, 0) is 17.6 Å². The second-order valence-corrected chi connectivity index (χ2v) is 11.8. The van der Waals surface area contributed by atoms with Crippen molar-refractivity contribution in [1.82, 2.24) is 9.80 Å². The molecule has 194 valence electrons. The van der Waals surface area contributed by atoms with Crippen molar-refractivity contribution in [3.63, 3.8) is 0 Å². The molecule has 5 heteroatoms. The molecule has 0 radical (unpaired) electrons. The van der Waals surface area contributed by atoms with Gasteiger partial charge in [0.1, 0.15) is 12.4 Å². The van der Waals surface area contributed by atoms with E-state index in [0.717, 1.165) is 75.2 Å². The number of likely N-dealkylation sites (tertiary alicyclic amines) is 1. The molecule has 1 saturated heterocycles. The fourth-order valence-corrected chi connectivity index (χ4v) is 6.23. The van der Waals surface area contributed by atoms with E-state index >= 15 is 0 Å². The van der Waals surface area contributed by atoms with Crippen LogP contribution in [0.25, 0.3) is 0 Å². The van der Waals surface area contributed by atoms with E-state index in [1.165, 1.54) is 49.8 Å². The van der Waals surface area contributed by atoms with Crippen molar-refractivity contribution in [2.45, 2.75) is 64.2 Å². The number of carbonyl (C=O) groups is 1. The number of carbonyl (C=O) groups excluding carboxylic acids is 1. The summed E-state index contributed by atoms with van der Waals surface area (Å²) < 4.78 is 6.28. The highest BCUT2D eigenvalue weighted by atomic mass is 35.5. The molecule has 36 heavy (non-hydrogen) atoms. The van der Waals surface area contributed by atoms with Gasteiger partial charge < -0.3 is 9.64 Å². The second-order valence-electron chi connectivity index (χ2n) is 11.3. The Hall–Kier alpha value is -2.04. The summed E-state index contributed by atoms with van der Waals surface area (Å²) in [5.41, 5.74) is 2.85. The first kappa shape index (κ1) is 25.6. The minimum atomic E-state index is 0.299. The molecule has 2 aliphatic heterocycles. The first-order valence-corrected chi connectivity index (χ1v) is 14.4. The van der Waals surface area contributed by atoms with Crippen molar-refractivity contribution in [2.75, 3.05) is 39.3 Å². The number of hydrogen-bond acceptors (Lipinski definition) is 3. The largest absolute Gasteiger partial charge is 0.492 e. The van der Waals surface area contributed by atoms with Crippen LogP contribution in [0.5, 0.6) is 5.75 Å². The molecule has 1 amide bonds. The van der Waals surface area contributed by atoms with Crippen LogP contribution in [0.2, 0.25) is 5.02 Å². The van der Waals surface area contributed by atoms with E-state index in [1.807, 2.05) is 24.3 Å². The van der Waals surface area contributed by atoms with Gasteiger partial charge in [0.05, 0.1) is 0 Å². The molecular weight excluding hydrogens is 468 g/mol. The van der Waals surface area contributed by atoms with Gasteiger partial charge in [-0.25, -0.2) is 0 Å². The Morgan fingerprint density at radius 3 is 2.53 bits per heavy atom. The van der Waals surface area contributed by atoms with E-state index in [2.05, 4.69) is 34.1 Å². The van der Waals surface area contributed by atoms with Crippen molar-refractivity contribution in [3.8, 4) is 5.75 Å². The normalized spacial score (nSPS) is 21.2. The summed E-state index contributed by atoms with van der Waals surface area (Å²) in [6.07, 6.45) is 11.2. The van der Waals surface area contributed by atoms with Crippen LogP contribution in [0.15, 0.2) is 48.5 Å². The summed E-state index contributed by atoms with van der Waals surface area (Å²) in [6.45, 7) is 5.91. The summed E-state index contributed by atoms with van der Waals surface area (Å²) in [7, 11) is 0. The van der Waals surface area contributed by atoms with Gasteiger partial charge in [0.15, 0.2) is 0 Å². The lowest BCUT2D eigenvalue weighted by molar-refractivity contribution is -0.133. The van der Waals surface area contributed by atoms with Crippen molar-refractivity contribution >= 4 is 17.5 Å². The number of benzene rings is 2. The Kier molecular flexibility index (Phi) is 8.54. The number of para-hydroxylation sites is 1. The van der Waals surface area contributed by atoms with E-state index in [9.17, 15) is 4.79 Å². The highest BCUT2D eigenvalue weighted by Gasteiger charge is 2.38. The van der Waals surface area contributed by atoms with Gasteiger partial charge in [-0.3, -0.25) is 9.69 Å². The third kappa shape index (κ3) is 7.04. The summed E-state index contributed by atoms with van der Waals surface area (Å²) in [6, 6.07) is 16.5. The molecule has 2 fully saturated rings. The maximum Gasteiger partial charge on any atom is 0.222 e. The molecule has 0 N–H and O–H groups in total. The maximum atomic E-state index is 13.0. The number of piperidine rings is 1. The highest BCUT2D eigenvalue weighted by Crippen LogP contribution is 2.40. The number of halogens is 1. The minimum Gasteiger partial charge on any atom is -0.492 e. The lowest BCUT2D eigenvalue weighted by Gasteiger charge is -2.45. The fraction of sp³-hybridized carbons (Fsp3) is 0.581. The Balaban J connectivity index is 1.20. The van der Waals surface area contributed by atoms with E-state index in [-0.39, 0.29) is 0 Å². The fourth-order valence-electron chi connectivity index (χ4n) is 6.10. The third-order valence-corrected chi connectivity index (χ3v) is 8.78. The summed E-state index contributed by atoms with van der Waals surface area (Å²) in [5, 5.41) is 0.745. The SMILES string of the molecule is O=C(CCc1ccc(Cl)cc1)N1CCC2(CCCCc3ccccc3OCCN(CC3CC3)C2)CC1. The van der Waals surface area contributed by atoms with E-state index in [4.69, 9.17) is 16.3 Å². The molecule has 0 aromatic heterocycles. The molecular formula is C31H41ClN2O2. The van der Waals surface area contributed by atoms with Crippen LogP contribution < -0.4 is 4.74 Å². The van der Waals surface area contributed by atoms with Crippen molar-refractivity contribution in [1.29, 1.82) is 0 Å². The molecule has 2 aromatic carbocycles. The van der Waals surface area contributed by atoms with Crippen molar-refractivity contribution in [3.05, 3.63) is 64.7 Å². The van der Waals surface area contributed by atoms with Gasteiger partial charge in [-0.15, -0.1) is 0 Å². The average molecular weight is 509 g/mol. The first-order valence-electron chi connectivity index (χ1n) is 14.0. The predicted molar refractivity (Wildman–Crippen MR) is 147 cm³/mol. The molecule has 1 aliphatic carbocycles. The number of aryl methyl sites for hydroxylation is 2. The van der Waals surface area contributed by atoms with Crippen LogP contribution >= 0.6 is 11.6 Å². The second kappa shape index (κ2) is 12.0. The molecule has 0 unspecified atom stereocenters. The molecule has 0 bridgehead atoms. The third-order valence-electron chi connectivity index (χ3n) is 8.53. The topological polar surface area (TPSA) is 32.8 Å². The van der Waals surface area contributed by atoms with E-state index in [1.54, 1.807) is 0 Å². The number of nitrogens with zero attached hydrogens (tertiary/aromatic N) is 2. The van der Waals surface area contributed by atoms with Crippen molar-refractivity contribution < 1.29 is 9.53 Å². The lowest BCUT2D eigenvalue weighted by Crippen LogP contribution is -2.49. The number of amides is 1. The van der Waals surface area contributed by atoms with Crippen LogP contribution in [0, 0.1) is 11.3 Å². The lowest BCUT2D eigenvalue weighted by atomic mass is 9.73. The zero-order chi connectivity index (χ0) is 24.8. The number of hydrogen-bond donors (Lipinski definition) is 0. The molecule has 3 aliphatic rings. The number of rotatable bonds is 5. The molecule has 5 rings (SSSR count). The van der Waals surface area contributed by atoms with Gasteiger partial charge in [-0.1, -0.05) is 48.4 Å². The first-order chi connectivity index (χ1) is 17.6. The molecule has 0 atom stereocenters. The van der Waals surface area contributed by atoms with Gasteiger partial charge in [0, 0.05) is 44.2 Å². The Morgan fingerprint density at radius 1 is 0.972 bits per heavy atom. The van der Waals surface area contributed by atoms with Crippen LogP contribution in [0.4, 0.5) is 0 Å². The highest BCUT2D eigenvalue weighted by molar-refractivity contribution is 6.30. The van der Waals surface area contributed by atoms with Crippen molar-refractivity contribution in [2.24, 2.45) is 11.3 Å². The molecule has 2 aromatic rings. The zero-order valence-electron chi connectivity index (χ0n) is 21.6. The number of ether oxygens (including phenoxy) is 1. The standard InChI is InChI=1S/C31H41ClN2O2/c32-28-13-10-25(11-14-28)12-15-30(35)34-19-17-31(18-20-34)16-4-3-6-27-5-1-2-7-29(27)36-22-21-33(24-31)23-26-8-9-26/h1-2,5,7,10-11,13-14,26H,3-4,6,8-9,12,15-24H2. The van der Waals surface area contributed by atoms with Gasteiger partial charge in [0.2, 0.25) is 5.91 Å². The molecule has 1 spiro atoms. The zero-order valence-corrected chi connectivity index (χ0v) is 22.4. The Bertz CT molecular complexity index is 996. The van der Waals surface area contributed by atoms with Gasteiger partial charge in [-0.2, -0.15) is 0 Å². The number of fused-ring (bicyclic) bond motifs is 1. The summed E-state index contributed by atoms with van der Waals surface area (Å²) in [4.78, 5) is 17.8. The van der Waals surface area contributed by atoms with Gasteiger partial charge in [0.25, 0.3) is 0 Å². The average Bonchev–Trinajstić information content (AvgIpc) is 3.71.